The maximum absolute atomic E-state index is 8.93. The van der Waals surface area contributed by atoms with Crippen LogP contribution in [0.3, 0.4) is 0 Å². The first-order valence-electron chi connectivity index (χ1n) is 4.79. The van der Waals surface area contributed by atoms with E-state index in [0.29, 0.717) is 0 Å². The number of nitrogens with zero attached hydrogens (tertiary/aromatic N) is 2. The number of benzene rings is 1. The van der Waals surface area contributed by atoms with Gasteiger partial charge in [-0.05, 0) is 23.6 Å². The molecule has 0 amide bonds. The zero-order valence-corrected chi connectivity index (χ0v) is 8.01. The lowest BCUT2D eigenvalue weighted by Gasteiger charge is -2.01. The maximum Gasteiger partial charge on any atom is 0.101 e. The summed E-state index contributed by atoms with van der Waals surface area (Å²) in [6.45, 7) is 0. The average molecular weight is 192 g/mol. The molecule has 0 aliphatic carbocycles. The summed E-state index contributed by atoms with van der Waals surface area (Å²) in [6.07, 6.45) is 1.94. The highest BCUT2D eigenvalue weighted by molar-refractivity contribution is 5.84. The largest absolute Gasteiger partial charge is 0.315 e. The van der Waals surface area contributed by atoms with E-state index >= 15 is 0 Å². The Labute approximate surface area is 87.0 Å². The molecule has 2 aromatic heterocycles. The van der Waals surface area contributed by atoms with Crippen LogP contribution in [0, 0.1) is 11.3 Å². The second kappa shape index (κ2) is 2.86. The van der Waals surface area contributed by atoms with Crippen molar-refractivity contribution in [2.75, 3.05) is 0 Å². The van der Waals surface area contributed by atoms with Crippen molar-refractivity contribution in [3.8, 4) is 6.07 Å². The van der Waals surface area contributed by atoms with Gasteiger partial charge >= 0.3 is 0 Å². The molecule has 70 valence electrons. The molecule has 0 fully saturated rings. The van der Waals surface area contributed by atoms with Crippen LogP contribution in [-0.4, -0.2) is 4.40 Å². The van der Waals surface area contributed by atoms with Gasteiger partial charge in [0.2, 0.25) is 0 Å². The minimum atomic E-state index is 0.723. The highest BCUT2D eigenvalue weighted by Crippen LogP contribution is 2.19. The standard InChI is InChI=1S/C13H8N2/c14-9-11-7-8-15-12-4-2-1-3-10(12)5-6-13(11)15/h1-8H. The summed E-state index contributed by atoms with van der Waals surface area (Å²) in [6, 6.07) is 16.2. The Bertz CT molecular complexity index is 686. The lowest BCUT2D eigenvalue weighted by molar-refractivity contribution is 1.27. The lowest BCUT2D eigenvalue weighted by atomic mass is 10.2. The van der Waals surface area contributed by atoms with Crippen molar-refractivity contribution in [2.24, 2.45) is 0 Å². The number of pyridine rings is 1. The fourth-order valence-corrected chi connectivity index (χ4v) is 1.94. The highest BCUT2D eigenvalue weighted by Gasteiger charge is 2.03. The van der Waals surface area contributed by atoms with Gasteiger partial charge in [0, 0.05) is 6.20 Å². The summed E-state index contributed by atoms with van der Waals surface area (Å²) in [7, 11) is 0. The molecule has 0 aliphatic rings. The highest BCUT2D eigenvalue weighted by atomic mass is 14.9. The summed E-state index contributed by atoms with van der Waals surface area (Å²) >= 11 is 0. The summed E-state index contributed by atoms with van der Waals surface area (Å²) in [5, 5.41) is 10.1. The van der Waals surface area contributed by atoms with Gasteiger partial charge in [-0.1, -0.05) is 24.3 Å². The predicted molar refractivity (Wildman–Crippen MR) is 59.6 cm³/mol. The van der Waals surface area contributed by atoms with Crippen molar-refractivity contribution >= 4 is 16.4 Å². The molecule has 0 saturated heterocycles. The molecule has 3 aromatic rings. The number of hydrogen-bond donors (Lipinski definition) is 0. The van der Waals surface area contributed by atoms with E-state index in [2.05, 4.69) is 18.2 Å². The Balaban J connectivity index is 2.57. The smallest absolute Gasteiger partial charge is 0.101 e. The molecule has 2 heteroatoms. The van der Waals surface area contributed by atoms with Gasteiger partial charge in [-0.2, -0.15) is 5.26 Å². The molecule has 0 spiro atoms. The topological polar surface area (TPSA) is 28.2 Å². The number of hydrogen-bond acceptors (Lipinski definition) is 1. The van der Waals surface area contributed by atoms with Crippen LogP contribution < -0.4 is 0 Å². The fourth-order valence-electron chi connectivity index (χ4n) is 1.94. The Hall–Kier alpha value is -2.27. The minimum absolute atomic E-state index is 0.723. The van der Waals surface area contributed by atoms with Crippen molar-refractivity contribution in [3.63, 3.8) is 0 Å². The summed E-state index contributed by atoms with van der Waals surface area (Å²) < 4.78 is 2.05. The Morgan fingerprint density at radius 1 is 0.933 bits per heavy atom. The maximum atomic E-state index is 8.93. The van der Waals surface area contributed by atoms with Crippen LogP contribution in [0.2, 0.25) is 0 Å². The zero-order chi connectivity index (χ0) is 10.3. The monoisotopic (exact) mass is 192 g/mol. The van der Waals surface area contributed by atoms with E-state index in [-0.39, 0.29) is 0 Å². The van der Waals surface area contributed by atoms with Crippen LogP contribution >= 0.6 is 0 Å². The Morgan fingerprint density at radius 3 is 2.67 bits per heavy atom. The van der Waals surface area contributed by atoms with Gasteiger partial charge in [0.15, 0.2) is 0 Å². The SMILES string of the molecule is N#Cc1ccn2c1ccc1ccccc12. The van der Waals surface area contributed by atoms with E-state index in [1.807, 2.05) is 40.9 Å². The van der Waals surface area contributed by atoms with Gasteiger partial charge in [0.05, 0.1) is 16.6 Å². The van der Waals surface area contributed by atoms with Gasteiger partial charge in [0.25, 0.3) is 0 Å². The van der Waals surface area contributed by atoms with Crippen molar-refractivity contribution in [1.82, 2.24) is 4.40 Å². The van der Waals surface area contributed by atoms with E-state index < -0.39 is 0 Å². The average Bonchev–Trinajstić information content (AvgIpc) is 2.72. The molecule has 0 radical (unpaired) electrons. The third kappa shape index (κ3) is 1.04. The summed E-state index contributed by atoms with van der Waals surface area (Å²) in [4.78, 5) is 0. The van der Waals surface area contributed by atoms with Crippen molar-refractivity contribution < 1.29 is 0 Å². The number of fused-ring (bicyclic) bond motifs is 3. The quantitative estimate of drug-likeness (QED) is 0.538. The van der Waals surface area contributed by atoms with Crippen molar-refractivity contribution in [2.45, 2.75) is 0 Å². The van der Waals surface area contributed by atoms with E-state index in [4.69, 9.17) is 5.26 Å². The molecule has 3 rings (SSSR count). The minimum Gasteiger partial charge on any atom is -0.315 e. The molecule has 0 saturated carbocycles. The Kier molecular flexibility index (Phi) is 1.54. The predicted octanol–water partition coefficient (Wildman–Crippen LogP) is 2.96. The first kappa shape index (κ1) is 8.07. The molecule has 1 aromatic carbocycles. The van der Waals surface area contributed by atoms with E-state index in [1.54, 1.807) is 0 Å². The van der Waals surface area contributed by atoms with Crippen LogP contribution in [0.5, 0.6) is 0 Å². The van der Waals surface area contributed by atoms with Crippen molar-refractivity contribution in [1.29, 1.82) is 5.26 Å². The van der Waals surface area contributed by atoms with Gasteiger partial charge in [-0.15, -0.1) is 0 Å². The van der Waals surface area contributed by atoms with E-state index in [1.165, 1.54) is 5.39 Å². The molecule has 0 bridgehead atoms. The molecule has 0 N–H and O–H groups in total. The second-order valence-corrected chi connectivity index (χ2v) is 3.49. The Morgan fingerprint density at radius 2 is 1.80 bits per heavy atom. The summed E-state index contributed by atoms with van der Waals surface area (Å²) in [5.74, 6) is 0. The van der Waals surface area contributed by atoms with Gasteiger partial charge in [-0.3, -0.25) is 0 Å². The molecule has 0 atom stereocenters. The van der Waals surface area contributed by atoms with Gasteiger partial charge in [-0.25, -0.2) is 0 Å². The van der Waals surface area contributed by atoms with Crippen molar-refractivity contribution in [3.05, 3.63) is 54.2 Å². The van der Waals surface area contributed by atoms with Crippen LogP contribution in [0.4, 0.5) is 0 Å². The second-order valence-electron chi connectivity index (χ2n) is 3.49. The van der Waals surface area contributed by atoms with Gasteiger partial charge in [0.1, 0.15) is 6.07 Å². The summed E-state index contributed by atoms with van der Waals surface area (Å²) in [5.41, 5.74) is 2.83. The first-order chi connectivity index (χ1) is 7.40. The molecule has 0 aliphatic heterocycles. The number of rotatable bonds is 0. The molecule has 15 heavy (non-hydrogen) atoms. The van der Waals surface area contributed by atoms with Crippen LogP contribution in [0.25, 0.3) is 16.4 Å². The normalized spacial score (nSPS) is 10.6. The number of nitriles is 1. The zero-order valence-electron chi connectivity index (χ0n) is 8.01. The fraction of sp³-hybridized carbons (Fsp3) is 0. The molecular weight excluding hydrogens is 184 g/mol. The first-order valence-corrected chi connectivity index (χ1v) is 4.79. The third-order valence-electron chi connectivity index (χ3n) is 2.66. The van der Waals surface area contributed by atoms with E-state index in [9.17, 15) is 0 Å². The lowest BCUT2D eigenvalue weighted by Crippen LogP contribution is -1.85. The number of para-hydroxylation sites is 1. The molecular formula is C13H8N2. The van der Waals surface area contributed by atoms with Crippen LogP contribution in [0.1, 0.15) is 5.56 Å². The third-order valence-corrected chi connectivity index (χ3v) is 2.66. The molecule has 0 unspecified atom stereocenters. The number of aromatic nitrogens is 1. The van der Waals surface area contributed by atoms with Crippen LogP contribution in [-0.2, 0) is 0 Å². The van der Waals surface area contributed by atoms with E-state index in [0.717, 1.165) is 16.6 Å². The van der Waals surface area contributed by atoms with Crippen LogP contribution in [0.15, 0.2) is 48.7 Å². The molecule has 2 nitrogen and oxygen atoms in total. The van der Waals surface area contributed by atoms with Gasteiger partial charge < -0.3 is 4.40 Å². The molecule has 2 heterocycles.